The maximum absolute atomic E-state index is 13.3. The number of H-pyrrole nitrogens is 1. The van der Waals surface area contributed by atoms with Crippen molar-refractivity contribution in [2.24, 2.45) is 5.11 Å². The first-order valence-electron chi connectivity index (χ1n) is 12.0. The van der Waals surface area contributed by atoms with E-state index in [0.717, 1.165) is 0 Å². The van der Waals surface area contributed by atoms with Crippen molar-refractivity contribution in [3.05, 3.63) is 64.3 Å². The highest BCUT2D eigenvalue weighted by molar-refractivity contribution is 6.45. The van der Waals surface area contributed by atoms with Crippen LogP contribution in [0, 0.1) is 0 Å². The smallest absolute Gasteiger partial charge is 0.295 e. The van der Waals surface area contributed by atoms with E-state index in [1.54, 1.807) is 29.2 Å². The van der Waals surface area contributed by atoms with Gasteiger partial charge in [-0.2, -0.15) is 0 Å². The zero-order chi connectivity index (χ0) is 26.9. The molecule has 0 atom stereocenters. The van der Waals surface area contributed by atoms with Gasteiger partial charge in [0.1, 0.15) is 17.9 Å². The average molecular weight is 522 g/mol. The molecule has 0 aliphatic carbocycles. The van der Waals surface area contributed by atoms with E-state index in [0.29, 0.717) is 29.6 Å². The zero-order valence-corrected chi connectivity index (χ0v) is 20.8. The molecule has 2 aromatic heterocycles. The molecule has 0 spiro atoms. The van der Waals surface area contributed by atoms with Gasteiger partial charge in [0.2, 0.25) is 5.88 Å². The number of piperazine rings is 1. The summed E-state index contributed by atoms with van der Waals surface area (Å²) in [7, 11) is 1.45. The van der Waals surface area contributed by atoms with E-state index >= 15 is 0 Å². The Morgan fingerprint density at radius 1 is 1.08 bits per heavy atom. The number of azide groups is 1. The van der Waals surface area contributed by atoms with Gasteiger partial charge in [-0.1, -0.05) is 23.3 Å². The van der Waals surface area contributed by atoms with Crippen LogP contribution in [0.2, 0.25) is 0 Å². The maximum atomic E-state index is 13.3. The van der Waals surface area contributed by atoms with Gasteiger partial charge in [-0.3, -0.25) is 14.4 Å². The van der Waals surface area contributed by atoms with Gasteiger partial charge in [-0.25, -0.2) is 4.98 Å². The summed E-state index contributed by atoms with van der Waals surface area (Å²) in [5, 5.41) is 3.76. The quantitative estimate of drug-likeness (QED) is 0.101. The molecule has 0 saturated carbocycles. The van der Waals surface area contributed by atoms with E-state index in [4.69, 9.17) is 19.7 Å². The van der Waals surface area contributed by atoms with Crippen LogP contribution in [0.15, 0.2) is 47.8 Å². The van der Waals surface area contributed by atoms with Crippen LogP contribution in [-0.4, -0.2) is 97.0 Å². The lowest BCUT2D eigenvalue weighted by Crippen LogP contribution is -2.52. The molecule has 0 bridgehead atoms. The SMILES string of the molecule is COc1ncc(OCCOCCN=[N+]=[N-])c2c(C(=O)C(=O)N3CCN(C(=O)c4ccccc4)CC3)c[nH]c12. The molecule has 3 aromatic rings. The van der Waals surface area contributed by atoms with Gasteiger partial charge in [-0.15, -0.1) is 0 Å². The molecule has 1 aliphatic rings. The number of Topliss-reactive ketones (excluding diaryl/α,β-unsaturated/α-hetero) is 1. The molecule has 2 amide bonds. The van der Waals surface area contributed by atoms with E-state index in [1.165, 1.54) is 24.4 Å². The number of amides is 2. The minimum Gasteiger partial charge on any atom is -0.489 e. The number of hydrogen-bond acceptors (Lipinski definition) is 8. The molecule has 4 rings (SSSR count). The van der Waals surface area contributed by atoms with Gasteiger partial charge in [-0.05, 0) is 17.7 Å². The molecule has 1 aromatic carbocycles. The van der Waals surface area contributed by atoms with Crippen molar-refractivity contribution in [2.45, 2.75) is 0 Å². The Morgan fingerprint density at radius 2 is 1.82 bits per heavy atom. The van der Waals surface area contributed by atoms with Crippen molar-refractivity contribution < 1.29 is 28.6 Å². The van der Waals surface area contributed by atoms with E-state index in [2.05, 4.69) is 20.0 Å². The number of nitrogens with zero attached hydrogens (tertiary/aromatic N) is 6. The van der Waals surface area contributed by atoms with E-state index in [-0.39, 0.29) is 62.6 Å². The number of aromatic amines is 1. The van der Waals surface area contributed by atoms with Gasteiger partial charge in [0, 0.05) is 49.4 Å². The molecule has 1 fully saturated rings. The van der Waals surface area contributed by atoms with Crippen LogP contribution in [0.4, 0.5) is 0 Å². The predicted molar refractivity (Wildman–Crippen MR) is 136 cm³/mol. The maximum Gasteiger partial charge on any atom is 0.295 e. The Labute approximate surface area is 217 Å². The number of methoxy groups -OCH3 is 1. The summed E-state index contributed by atoms with van der Waals surface area (Å²) in [6.45, 7) is 1.95. The summed E-state index contributed by atoms with van der Waals surface area (Å²) >= 11 is 0. The van der Waals surface area contributed by atoms with E-state index < -0.39 is 11.7 Å². The second-order valence-corrected chi connectivity index (χ2v) is 8.28. The topological polar surface area (TPSA) is 163 Å². The van der Waals surface area contributed by atoms with Crippen LogP contribution in [0.1, 0.15) is 20.7 Å². The molecule has 0 unspecified atom stereocenters. The second kappa shape index (κ2) is 12.6. The first-order valence-corrected chi connectivity index (χ1v) is 12.0. The molecule has 38 heavy (non-hydrogen) atoms. The fraction of sp³-hybridized carbons (Fsp3) is 0.360. The number of ketones is 1. The molecular formula is C25H27N7O6. The number of carbonyl (C=O) groups is 3. The Morgan fingerprint density at radius 3 is 2.53 bits per heavy atom. The number of nitrogens with one attached hydrogen (secondary N) is 1. The number of ether oxygens (including phenoxy) is 3. The van der Waals surface area contributed by atoms with Crippen molar-refractivity contribution in [2.75, 3.05) is 59.7 Å². The van der Waals surface area contributed by atoms with Crippen molar-refractivity contribution in [3.63, 3.8) is 0 Å². The number of hydrogen-bond donors (Lipinski definition) is 1. The first-order chi connectivity index (χ1) is 18.5. The molecule has 0 radical (unpaired) electrons. The minimum absolute atomic E-state index is 0.108. The summed E-state index contributed by atoms with van der Waals surface area (Å²) in [5.74, 6) is -0.944. The van der Waals surface area contributed by atoms with Crippen molar-refractivity contribution >= 4 is 28.5 Å². The summed E-state index contributed by atoms with van der Waals surface area (Å²) in [4.78, 5) is 52.1. The largest absolute Gasteiger partial charge is 0.489 e. The van der Waals surface area contributed by atoms with E-state index in [9.17, 15) is 14.4 Å². The van der Waals surface area contributed by atoms with Crippen LogP contribution in [0.25, 0.3) is 21.3 Å². The third-order valence-electron chi connectivity index (χ3n) is 6.03. The van der Waals surface area contributed by atoms with E-state index in [1.807, 2.05) is 6.07 Å². The average Bonchev–Trinajstić information content (AvgIpc) is 3.42. The molecule has 13 nitrogen and oxygen atoms in total. The van der Waals surface area contributed by atoms with Gasteiger partial charge in [0.05, 0.1) is 37.5 Å². The van der Waals surface area contributed by atoms with Gasteiger partial charge < -0.3 is 29.0 Å². The van der Waals surface area contributed by atoms with Crippen LogP contribution in [0.5, 0.6) is 11.6 Å². The normalized spacial score (nSPS) is 13.2. The minimum atomic E-state index is -0.706. The van der Waals surface area contributed by atoms with Crippen LogP contribution >= 0.6 is 0 Å². The lowest BCUT2D eigenvalue weighted by Gasteiger charge is -2.34. The van der Waals surface area contributed by atoms with Crippen molar-refractivity contribution in [1.82, 2.24) is 19.8 Å². The third-order valence-corrected chi connectivity index (χ3v) is 6.03. The lowest BCUT2D eigenvalue weighted by atomic mass is 10.1. The highest BCUT2D eigenvalue weighted by Crippen LogP contribution is 2.33. The third kappa shape index (κ3) is 5.85. The highest BCUT2D eigenvalue weighted by Gasteiger charge is 2.31. The van der Waals surface area contributed by atoms with Gasteiger partial charge >= 0.3 is 0 Å². The van der Waals surface area contributed by atoms with Crippen molar-refractivity contribution in [1.29, 1.82) is 0 Å². The number of benzene rings is 1. The molecule has 13 heteroatoms. The molecular weight excluding hydrogens is 494 g/mol. The predicted octanol–water partition coefficient (Wildman–Crippen LogP) is 2.44. The highest BCUT2D eigenvalue weighted by atomic mass is 16.5. The first kappa shape index (κ1) is 26.5. The molecule has 1 aliphatic heterocycles. The summed E-state index contributed by atoms with van der Waals surface area (Å²) < 4.78 is 16.4. The molecule has 198 valence electrons. The molecule has 3 heterocycles. The number of pyridine rings is 1. The fourth-order valence-electron chi connectivity index (χ4n) is 4.14. The van der Waals surface area contributed by atoms with Crippen LogP contribution < -0.4 is 9.47 Å². The lowest BCUT2D eigenvalue weighted by molar-refractivity contribution is -0.127. The monoisotopic (exact) mass is 521 g/mol. The number of rotatable bonds is 11. The van der Waals surface area contributed by atoms with Gasteiger partial charge in [0.25, 0.3) is 17.6 Å². The fourth-order valence-corrected chi connectivity index (χ4v) is 4.14. The molecule has 1 N–H and O–H groups in total. The zero-order valence-electron chi connectivity index (χ0n) is 20.8. The Balaban J connectivity index is 1.44. The summed E-state index contributed by atoms with van der Waals surface area (Å²) in [6, 6.07) is 8.94. The Kier molecular flexibility index (Phi) is 8.75. The standard InChI is InChI=1S/C25H27N7O6/c1-36-23-21-20(19(16-28-23)38-14-13-37-12-7-29-30-26)18(15-27-21)22(33)25(35)32-10-8-31(9-11-32)24(34)17-5-3-2-4-6-17/h2-6,15-16,27H,7-14H2,1H3. The second-order valence-electron chi connectivity index (χ2n) is 8.28. The Hall–Kier alpha value is -4.61. The number of fused-ring (bicyclic) bond motifs is 1. The number of carbonyl (C=O) groups excluding carboxylic acids is 3. The van der Waals surface area contributed by atoms with Crippen LogP contribution in [-0.2, 0) is 9.53 Å². The Bertz CT molecular complexity index is 1340. The van der Waals surface area contributed by atoms with Crippen LogP contribution in [0.3, 0.4) is 0 Å². The van der Waals surface area contributed by atoms with Gasteiger partial charge in [0.15, 0.2) is 0 Å². The number of aromatic nitrogens is 2. The summed E-state index contributed by atoms with van der Waals surface area (Å²) in [6.07, 6.45) is 2.86. The van der Waals surface area contributed by atoms with Crippen molar-refractivity contribution in [3.8, 4) is 11.6 Å². The summed E-state index contributed by atoms with van der Waals surface area (Å²) in [5.41, 5.74) is 9.43. The molecule has 1 saturated heterocycles.